The molecule has 0 radical (unpaired) electrons. The molecule has 0 fully saturated rings. The van der Waals surface area contributed by atoms with Crippen LogP contribution in [0, 0.1) is 0 Å². The summed E-state index contributed by atoms with van der Waals surface area (Å²) in [6.45, 7) is 1.88. The third-order valence-electron chi connectivity index (χ3n) is 6.30. The normalized spacial score (nSPS) is 12.0. The standard InChI is InChI=1S/C31H31N5O5S/c1-20(29(40)35-26(17-28(38)39)24-14-12-23(13-15-24)22-10-6-3-7-11-22)33-27(37)16-25-19-42-31(34-25)36-30(41)32-18-21-8-4-2-5-9-21/h2-15,19-20,26H,16-18H2,1H3,(H,33,37)(H,35,40)(H,38,39)(H2,32,34,36,41)/t20-,26?/m0/s1. The van der Waals surface area contributed by atoms with Crippen LogP contribution in [0.4, 0.5) is 9.93 Å². The summed E-state index contributed by atoms with van der Waals surface area (Å²) in [5, 5.41) is 22.2. The smallest absolute Gasteiger partial charge is 0.321 e. The number of thiazole rings is 1. The van der Waals surface area contributed by atoms with Crippen molar-refractivity contribution < 1.29 is 24.3 Å². The molecule has 0 aliphatic heterocycles. The number of aromatic nitrogens is 1. The van der Waals surface area contributed by atoms with Crippen LogP contribution in [0.3, 0.4) is 0 Å². The first-order chi connectivity index (χ1) is 20.3. The van der Waals surface area contributed by atoms with Crippen molar-refractivity contribution in [2.75, 3.05) is 5.32 Å². The van der Waals surface area contributed by atoms with E-state index in [9.17, 15) is 24.3 Å². The molecule has 1 unspecified atom stereocenters. The zero-order valence-corrected chi connectivity index (χ0v) is 23.7. The summed E-state index contributed by atoms with van der Waals surface area (Å²) >= 11 is 1.18. The van der Waals surface area contributed by atoms with Crippen LogP contribution in [-0.2, 0) is 27.3 Å². The van der Waals surface area contributed by atoms with Gasteiger partial charge in [-0.15, -0.1) is 11.3 Å². The SMILES string of the molecule is C[C@H](NC(=O)Cc1csc(NC(=O)NCc2ccccc2)n1)C(=O)NC(CC(=O)O)c1ccc(-c2ccccc2)cc1. The molecule has 4 aromatic rings. The lowest BCUT2D eigenvalue weighted by Crippen LogP contribution is -2.46. The van der Waals surface area contributed by atoms with Gasteiger partial charge in [0, 0.05) is 11.9 Å². The fourth-order valence-corrected chi connectivity index (χ4v) is 4.85. The molecule has 0 aliphatic rings. The molecule has 5 N–H and O–H groups in total. The first-order valence-corrected chi connectivity index (χ1v) is 14.1. The van der Waals surface area contributed by atoms with E-state index in [0.29, 0.717) is 22.9 Å². The van der Waals surface area contributed by atoms with Crippen molar-refractivity contribution in [1.82, 2.24) is 20.9 Å². The number of carbonyl (C=O) groups is 4. The molecule has 3 aromatic carbocycles. The third kappa shape index (κ3) is 9.00. The molecule has 1 aromatic heterocycles. The number of amides is 4. The van der Waals surface area contributed by atoms with Gasteiger partial charge in [-0.3, -0.25) is 19.7 Å². The Kier molecular flexibility index (Phi) is 10.4. The molecule has 216 valence electrons. The first-order valence-electron chi connectivity index (χ1n) is 13.3. The van der Waals surface area contributed by atoms with Crippen LogP contribution >= 0.6 is 11.3 Å². The number of benzene rings is 3. The number of nitrogens with zero attached hydrogens (tertiary/aromatic N) is 1. The number of rotatable bonds is 12. The maximum Gasteiger partial charge on any atom is 0.321 e. The van der Waals surface area contributed by atoms with E-state index in [4.69, 9.17) is 0 Å². The second-order valence-electron chi connectivity index (χ2n) is 9.55. The van der Waals surface area contributed by atoms with E-state index in [1.165, 1.54) is 18.3 Å². The van der Waals surface area contributed by atoms with Crippen LogP contribution in [0.1, 0.15) is 36.2 Å². The second kappa shape index (κ2) is 14.6. The Balaban J connectivity index is 1.27. The Bertz CT molecular complexity index is 1510. The number of carboxylic acids is 1. The minimum Gasteiger partial charge on any atom is -0.481 e. The van der Waals surface area contributed by atoms with Crippen molar-refractivity contribution in [3.63, 3.8) is 0 Å². The van der Waals surface area contributed by atoms with Crippen molar-refractivity contribution in [3.05, 3.63) is 107 Å². The Morgan fingerprint density at radius 1 is 0.857 bits per heavy atom. The topological polar surface area (TPSA) is 150 Å². The lowest BCUT2D eigenvalue weighted by Gasteiger charge is -2.21. The van der Waals surface area contributed by atoms with E-state index < -0.39 is 35.9 Å². The minimum absolute atomic E-state index is 0.0963. The van der Waals surface area contributed by atoms with Gasteiger partial charge < -0.3 is 21.1 Å². The van der Waals surface area contributed by atoms with E-state index in [2.05, 4.69) is 26.3 Å². The van der Waals surface area contributed by atoms with Crippen molar-refractivity contribution in [1.29, 1.82) is 0 Å². The monoisotopic (exact) mass is 585 g/mol. The molecule has 4 amide bonds. The summed E-state index contributed by atoms with van der Waals surface area (Å²) in [4.78, 5) is 53.4. The predicted octanol–water partition coefficient (Wildman–Crippen LogP) is 4.51. The molecule has 10 nitrogen and oxygen atoms in total. The molecule has 0 aliphatic carbocycles. The van der Waals surface area contributed by atoms with Crippen LogP contribution < -0.4 is 21.3 Å². The lowest BCUT2D eigenvalue weighted by atomic mass is 9.99. The molecule has 11 heteroatoms. The summed E-state index contributed by atoms with van der Waals surface area (Å²) in [5.41, 5.74) is 4.02. The van der Waals surface area contributed by atoms with Gasteiger partial charge >= 0.3 is 12.0 Å². The Labute approximate surface area is 247 Å². The zero-order chi connectivity index (χ0) is 29.9. The van der Waals surface area contributed by atoms with E-state index in [1.54, 1.807) is 17.5 Å². The summed E-state index contributed by atoms with van der Waals surface area (Å²) in [6.07, 6.45) is -0.411. The number of nitrogens with one attached hydrogen (secondary N) is 4. The molecular weight excluding hydrogens is 554 g/mol. The highest BCUT2D eigenvalue weighted by atomic mass is 32.1. The van der Waals surface area contributed by atoms with Crippen molar-refractivity contribution in [2.45, 2.75) is 38.4 Å². The number of carbonyl (C=O) groups excluding carboxylic acids is 3. The van der Waals surface area contributed by atoms with Gasteiger partial charge in [-0.25, -0.2) is 9.78 Å². The van der Waals surface area contributed by atoms with Gasteiger partial charge in [-0.2, -0.15) is 0 Å². The molecule has 0 bridgehead atoms. The highest BCUT2D eigenvalue weighted by molar-refractivity contribution is 7.13. The van der Waals surface area contributed by atoms with E-state index in [0.717, 1.165) is 16.7 Å². The van der Waals surface area contributed by atoms with Gasteiger partial charge in [0.15, 0.2) is 5.13 Å². The maximum atomic E-state index is 12.9. The van der Waals surface area contributed by atoms with Crippen LogP contribution in [0.5, 0.6) is 0 Å². The fraction of sp³-hybridized carbons (Fsp3) is 0.194. The maximum absolute atomic E-state index is 12.9. The largest absolute Gasteiger partial charge is 0.481 e. The quantitative estimate of drug-likeness (QED) is 0.165. The molecule has 2 atom stereocenters. The fourth-order valence-electron chi connectivity index (χ4n) is 4.15. The summed E-state index contributed by atoms with van der Waals surface area (Å²) < 4.78 is 0. The number of hydrogen-bond acceptors (Lipinski definition) is 6. The van der Waals surface area contributed by atoms with Gasteiger partial charge in [0.1, 0.15) is 6.04 Å². The average Bonchev–Trinajstić information content (AvgIpc) is 3.42. The number of carboxylic acid groups (broad SMARTS) is 1. The van der Waals surface area contributed by atoms with Crippen molar-refractivity contribution >= 4 is 40.3 Å². The summed E-state index contributed by atoms with van der Waals surface area (Å²) in [7, 11) is 0. The van der Waals surface area contributed by atoms with Gasteiger partial charge in [0.25, 0.3) is 0 Å². The lowest BCUT2D eigenvalue weighted by molar-refractivity contribution is -0.138. The first kappa shape index (κ1) is 29.9. The molecule has 4 rings (SSSR count). The van der Waals surface area contributed by atoms with E-state index in [1.807, 2.05) is 72.8 Å². The van der Waals surface area contributed by atoms with Gasteiger partial charge in [-0.05, 0) is 29.2 Å². The summed E-state index contributed by atoms with van der Waals surface area (Å²) in [6, 6.07) is 24.4. The number of hydrogen-bond donors (Lipinski definition) is 5. The number of anilines is 1. The Morgan fingerprint density at radius 2 is 1.50 bits per heavy atom. The predicted molar refractivity (Wildman–Crippen MR) is 161 cm³/mol. The van der Waals surface area contributed by atoms with Gasteiger partial charge in [0.05, 0.1) is 24.6 Å². The summed E-state index contributed by atoms with van der Waals surface area (Å²) in [5.74, 6) is -2.02. The van der Waals surface area contributed by atoms with E-state index >= 15 is 0 Å². The molecule has 0 saturated heterocycles. The van der Waals surface area contributed by atoms with Gasteiger partial charge in [-0.1, -0.05) is 84.9 Å². The van der Waals surface area contributed by atoms with Crippen molar-refractivity contribution in [3.8, 4) is 11.1 Å². The average molecular weight is 586 g/mol. The van der Waals surface area contributed by atoms with Crippen LogP contribution in [0.25, 0.3) is 11.1 Å². The molecule has 0 spiro atoms. The number of urea groups is 1. The van der Waals surface area contributed by atoms with Crippen LogP contribution in [0.2, 0.25) is 0 Å². The molecule has 42 heavy (non-hydrogen) atoms. The molecule has 0 saturated carbocycles. The second-order valence-corrected chi connectivity index (χ2v) is 10.4. The molecule has 1 heterocycles. The van der Waals surface area contributed by atoms with Crippen molar-refractivity contribution in [2.24, 2.45) is 0 Å². The zero-order valence-electron chi connectivity index (χ0n) is 22.9. The third-order valence-corrected chi connectivity index (χ3v) is 7.10. The Morgan fingerprint density at radius 3 is 2.17 bits per heavy atom. The van der Waals surface area contributed by atoms with Crippen LogP contribution in [0.15, 0.2) is 90.3 Å². The van der Waals surface area contributed by atoms with Crippen LogP contribution in [-0.4, -0.2) is 39.9 Å². The van der Waals surface area contributed by atoms with Gasteiger partial charge in [0.2, 0.25) is 11.8 Å². The van der Waals surface area contributed by atoms with E-state index in [-0.39, 0.29) is 12.8 Å². The highest BCUT2D eigenvalue weighted by Gasteiger charge is 2.23. The number of aliphatic carboxylic acids is 1. The molecular formula is C31H31N5O5S. The highest BCUT2D eigenvalue weighted by Crippen LogP contribution is 2.23. The Hall–Kier alpha value is -5.03. The minimum atomic E-state index is -1.06.